The molecular weight excluding hydrogens is 192 g/mol. The number of carboxylic acids is 1. The van der Waals surface area contributed by atoms with Gasteiger partial charge in [0, 0.05) is 6.04 Å². The Kier molecular flexibility index (Phi) is 3.35. The molecule has 1 rings (SSSR count). The van der Waals surface area contributed by atoms with Gasteiger partial charge in [-0.3, -0.25) is 4.79 Å². The molecule has 0 radical (unpaired) electrons. The average Bonchev–Trinajstić information content (AvgIpc) is 2.44. The van der Waals surface area contributed by atoms with Gasteiger partial charge in [-0.05, 0) is 18.3 Å². The second-order valence-electron chi connectivity index (χ2n) is 5.40. The van der Waals surface area contributed by atoms with Crippen molar-refractivity contribution in [2.24, 2.45) is 11.3 Å². The minimum absolute atomic E-state index is 0.0103. The lowest BCUT2D eigenvalue weighted by atomic mass is 9.84. The van der Waals surface area contributed by atoms with Crippen LogP contribution in [0.2, 0.25) is 0 Å². The molecule has 0 aliphatic carbocycles. The Labute approximate surface area is 90.3 Å². The fraction of sp³-hybridized carbons (Fsp3) is 0.818. The first kappa shape index (κ1) is 12.0. The summed E-state index contributed by atoms with van der Waals surface area (Å²) in [4.78, 5) is 10.8. The molecule has 1 aliphatic heterocycles. The third-order valence-corrected chi connectivity index (χ3v) is 2.69. The van der Waals surface area contributed by atoms with Crippen LogP contribution in [0.15, 0.2) is 0 Å². The summed E-state index contributed by atoms with van der Waals surface area (Å²) in [5.74, 6) is -1.03. The van der Waals surface area contributed by atoms with Gasteiger partial charge in [0.1, 0.15) is 6.04 Å². The van der Waals surface area contributed by atoms with E-state index in [0.717, 1.165) is 6.42 Å². The Hall–Kier alpha value is -1.08. The highest BCUT2D eigenvalue weighted by molar-refractivity contribution is 5.74. The quantitative estimate of drug-likeness (QED) is 0.722. The van der Waals surface area contributed by atoms with Gasteiger partial charge in [0.25, 0.3) is 0 Å². The van der Waals surface area contributed by atoms with Crippen molar-refractivity contribution < 1.29 is 9.90 Å². The van der Waals surface area contributed by atoms with E-state index in [1.807, 2.05) is 0 Å². The lowest BCUT2D eigenvalue weighted by molar-refractivity contribution is -0.139. The molecule has 0 aromatic carbocycles. The highest BCUT2D eigenvalue weighted by Crippen LogP contribution is 2.30. The molecule has 0 bridgehead atoms. The topological polar surface area (TPSA) is 73.1 Å². The largest absolute Gasteiger partial charge is 0.480 e. The maximum absolute atomic E-state index is 10.8. The Morgan fingerprint density at radius 2 is 2.20 bits per heavy atom. The molecule has 0 saturated carbocycles. The number of rotatable bonds is 2. The van der Waals surface area contributed by atoms with Crippen LogP contribution in [-0.4, -0.2) is 23.2 Å². The van der Waals surface area contributed by atoms with Crippen molar-refractivity contribution in [2.75, 3.05) is 0 Å². The predicted molar refractivity (Wildman–Crippen MR) is 56.1 cm³/mol. The predicted octanol–water partition coefficient (Wildman–Crippen LogP) is 1.38. The third-order valence-electron chi connectivity index (χ3n) is 2.69. The first-order chi connectivity index (χ1) is 6.83. The molecule has 0 spiro atoms. The first-order valence-electron chi connectivity index (χ1n) is 5.22. The van der Waals surface area contributed by atoms with Crippen LogP contribution >= 0.6 is 0 Å². The van der Waals surface area contributed by atoms with E-state index in [2.05, 4.69) is 32.2 Å². The molecule has 1 fully saturated rings. The Morgan fingerprint density at radius 3 is 2.60 bits per heavy atom. The highest BCUT2D eigenvalue weighted by Gasteiger charge is 2.38. The summed E-state index contributed by atoms with van der Waals surface area (Å²) in [6, 6.07) is 1.65. The average molecular weight is 210 g/mol. The Morgan fingerprint density at radius 1 is 1.60 bits per heavy atom. The van der Waals surface area contributed by atoms with Gasteiger partial charge in [-0.15, -0.1) is 0 Å². The van der Waals surface area contributed by atoms with Gasteiger partial charge in [-0.2, -0.15) is 5.26 Å². The van der Waals surface area contributed by atoms with Crippen LogP contribution in [-0.2, 0) is 4.79 Å². The van der Waals surface area contributed by atoms with E-state index in [0.29, 0.717) is 6.42 Å². The lowest BCUT2D eigenvalue weighted by Gasteiger charge is -2.24. The molecule has 2 N–H and O–H groups in total. The molecule has 3 atom stereocenters. The van der Waals surface area contributed by atoms with Gasteiger partial charge >= 0.3 is 5.97 Å². The van der Waals surface area contributed by atoms with Gasteiger partial charge in [0.05, 0.1) is 12.0 Å². The molecule has 84 valence electrons. The fourth-order valence-corrected chi connectivity index (χ4v) is 2.04. The molecule has 1 saturated heterocycles. The lowest BCUT2D eigenvalue weighted by Crippen LogP contribution is -2.38. The van der Waals surface area contributed by atoms with Crippen LogP contribution in [0.1, 0.15) is 33.6 Å². The number of aliphatic carboxylic acids is 1. The third kappa shape index (κ3) is 3.21. The summed E-state index contributed by atoms with van der Waals surface area (Å²) >= 11 is 0. The SMILES string of the molecule is CC(C)(C)CC1NC(C(=O)O)CC1C#N. The van der Waals surface area contributed by atoms with Crippen LogP contribution in [0.5, 0.6) is 0 Å². The number of carbonyl (C=O) groups is 1. The van der Waals surface area contributed by atoms with E-state index in [9.17, 15) is 4.79 Å². The minimum Gasteiger partial charge on any atom is -0.480 e. The maximum atomic E-state index is 10.8. The summed E-state index contributed by atoms with van der Waals surface area (Å²) in [5.41, 5.74) is 0.111. The molecule has 0 aromatic heterocycles. The van der Waals surface area contributed by atoms with Crippen molar-refractivity contribution in [1.82, 2.24) is 5.32 Å². The summed E-state index contributed by atoms with van der Waals surface area (Å²) in [7, 11) is 0. The highest BCUT2D eigenvalue weighted by atomic mass is 16.4. The molecule has 4 nitrogen and oxygen atoms in total. The molecule has 0 amide bonds. The molecule has 0 aromatic rings. The van der Waals surface area contributed by atoms with Gasteiger partial charge < -0.3 is 10.4 Å². The van der Waals surface area contributed by atoms with E-state index in [1.54, 1.807) is 0 Å². The second kappa shape index (κ2) is 4.19. The number of carboxylic acid groups (broad SMARTS) is 1. The molecule has 1 aliphatic rings. The van der Waals surface area contributed by atoms with Crippen molar-refractivity contribution in [3.63, 3.8) is 0 Å². The van der Waals surface area contributed by atoms with Crippen molar-refractivity contribution >= 4 is 5.97 Å². The van der Waals surface area contributed by atoms with E-state index in [-0.39, 0.29) is 17.4 Å². The molecular formula is C11H18N2O2. The monoisotopic (exact) mass is 210 g/mol. The van der Waals surface area contributed by atoms with Crippen molar-refractivity contribution in [3.05, 3.63) is 0 Å². The minimum atomic E-state index is -0.855. The van der Waals surface area contributed by atoms with E-state index < -0.39 is 12.0 Å². The normalized spacial score (nSPS) is 31.2. The summed E-state index contributed by atoms with van der Waals surface area (Å²) < 4.78 is 0. The molecule has 4 heteroatoms. The van der Waals surface area contributed by atoms with Gasteiger partial charge in [0.15, 0.2) is 0 Å². The second-order valence-corrected chi connectivity index (χ2v) is 5.40. The fourth-order valence-electron chi connectivity index (χ4n) is 2.04. The summed E-state index contributed by atoms with van der Waals surface area (Å²) in [6.07, 6.45) is 1.25. The van der Waals surface area contributed by atoms with Crippen LogP contribution in [0.3, 0.4) is 0 Å². The van der Waals surface area contributed by atoms with Crippen molar-refractivity contribution in [2.45, 2.75) is 45.7 Å². The number of nitriles is 1. The number of nitrogens with one attached hydrogen (secondary N) is 1. The van der Waals surface area contributed by atoms with Crippen molar-refractivity contribution in [3.8, 4) is 6.07 Å². The molecule has 1 heterocycles. The zero-order chi connectivity index (χ0) is 11.6. The van der Waals surface area contributed by atoms with E-state index >= 15 is 0 Å². The smallest absolute Gasteiger partial charge is 0.320 e. The van der Waals surface area contributed by atoms with Crippen LogP contribution in [0, 0.1) is 22.7 Å². The van der Waals surface area contributed by atoms with E-state index in [1.165, 1.54) is 0 Å². The van der Waals surface area contributed by atoms with Gasteiger partial charge in [-0.25, -0.2) is 0 Å². The zero-order valence-corrected chi connectivity index (χ0v) is 9.45. The number of nitrogens with zero attached hydrogens (tertiary/aromatic N) is 1. The van der Waals surface area contributed by atoms with Crippen LogP contribution in [0.25, 0.3) is 0 Å². The van der Waals surface area contributed by atoms with Crippen LogP contribution < -0.4 is 5.32 Å². The number of hydrogen-bond donors (Lipinski definition) is 2. The van der Waals surface area contributed by atoms with Gasteiger partial charge in [-0.1, -0.05) is 20.8 Å². The van der Waals surface area contributed by atoms with Crippen LogP contribution in [0.4, 0.5) is 0 Å². The Balaban J connectivity index is 2.66. The van der Waals surface area contributed by atoms with Crippen molar-refractivity contribution in [1.29, 1.82) is 5.26 Å². The summed E-state index contributed by atoms with van der Waals surface area (Å²) in [5, 5.41) is 20.8. The van der Waals surface area contributed by atoms with Gasteiger partial charge in [0.2, 0.25) is 0 Å². The first-order valence-corrected chi connectivity index (χ1v) is 5.22. The number of hydrogen-bond acceptors (Lipinski definition) is 3. The van der Waals surface area contributed by atoms with E-state index in [4.69, 9.17) is 10.4 Å². The standard InChI is InChI=1S/C11H18N2O2/c1-11(2,3)5-9-7(6-12)4-8(13-9)10(14)15/h7-9,13H,4-5H2,1-3H3,(H,14,15). The molecule has 3 unspecified atom stereocenters. The summed E-state index contributed by atoms with van der Waals surface area (Å²) in [6.45, 7) is 6.28. The zero-order valence-electron chi connectivity index (χ0n) is 9.45. The Bertz CT molecular complexity index is 288. The maximum Gasteiger partial charge on any atom is 0.320 e. The molecule has 15 heavy (non-hydrogen) atoms.